The summed E-state index contributed by atoms with van der Waals surface area (Å²) in [5.74, 6) is 2.09. The maximum Gasteiger partial charge on any atom is 0.165 e. The zero-order valence-electron chi connectivity index (χ0n) is 5.92. The molecule has 0 aliphatic carbocycles. The molecule has 56 valence electrons. The molecule has 4 heteroatoms. The van der Waals surface area contributed by atoms with Crippen molar-refractivity contribution in [2.24, 2.45) is 0 Å². The van der Waals surface area contributed by atoms with E-state index in [1.807, 2.05) is 11.8 Å². The van der Waals surface area contributed by atoms with Crippen LogP contribution in [0.3, 0.4) is 0 Å². The van der Waals surface area contributed by atoms with E-state index in [0.29, 0.717) is 5.69 Å². The molecule has 1 aromatic heterocycles. The van der Waals surface area contributed by atoms with Crippen LogP contribution in [-0.2, 0) is 12.2 Å². The molecule has 2 heterocycles. The number of rotatable bonds is 0. The zero-order valence-corrected chi connectivity index (χ0v) is 6.74. The van der Waals surface area contributed by atoms with Gasteiger partial charge in [0.1, 0.15) is 6.07 Å². The summed E-state index contributed by atoms with van der Waals surface area (Å²) in [6.45, 7) is 0. The molecular formula is C7H7N3S. The first-order chi connectivity index (χ1) is 5.42. The van der Waals surface area contributed by atoms with Gasteiger partial charge in [0.05, 0.1) is 0 Å². The van der Waals surface area contributed by atoms with E-state index < -0.39 is 0 Å². The fourth-order valence-electron chi connectivity index (χ4n) is 1.23. The molecule has 0 radical (unpaired) electrons. The third kappa shape index (κ3) is 1.02. The largest absolute Gasteiger partial charge is 0.280 e. The Labute approximate surface area is 68.8 Å². The van der Waals surface area contributed by atoms with Crippen molar-refractivity contribution in [2.75, 3.05) is 5.75 Å². The minimum absolute atomic E-state index is 0.584. The molecule has 0 amide bonds. The van der Waals surface area contributed by atoms with Crippen LogP contribution in [0.2, 0.25) is 0 Å². The number of aromatic amines is 1. The second kappa shape index (κ2) is 2.59. The average molecular weight is 165 g/mol. The number of nitrogens with zero attached hydrogens (tertiary/aromatic N) is 2. The van der Waals surface area contributed by atoms with Gasteiger partial charge in [0.25, 0.3) is 0 Å². The van der Waals surface area contributed by atoms with Gasteiger partial charge in [0, 0.05) is 17.0 Å². The molecule has 0 bridgehead atoms. The second-order valence-corrected chi connectivity index (χ2v) is 3.55. The van der Waals surface area contributed by atoms with Crippen molar-refractivity contribution in [3.05, 3.63) is 17.0 Å². The number of fused-ring (bicyclic) bond motifs is 1. The molecule has 0 spiro atoms. The lowest BCUT2D eigenvalue weighted by Crippen LogP contribution is -2.00. The standard InChI is InChI=1S/C7H7N3S/c8-3-6-5-1-2-11-4-7(5)10-9-6/h1-2,4H2,(H,9,10). The summed E-state index contributed by atoms with van der Waals surface area (Å²) < 4.78 is 0. The smallest absolute Gasteiger partial charge is 0.165 e. The molecule has 1 aliphatic rings. The molecule has 11 heavy (non-hydrogen) atoms. The molecule has 3 nitrogen and oxygen atoms in total. The van der Waals surface area contributed by atoms with E-state index in [4.69, 9.17) is 5.26 Å². The fourth-order valence-corrected chi connectivity index (χ4v) is 2.17. The lowest BCUT2D eigenvalue weighted by molar-refractivity contribution is 1.01. The number of hydrogen-bond acceptors (Lipinski definition) is 3. The van der Waals surface area contributed by atoms with E-state index in [-0.39, 0.29) is 0 Å². The predicted octanol–water partition coefficient (Wildman–Crippen LogP) is 1.07. The van der Waals surface area contributed by atoms with Crippen LogP contribution in [0.1, 0.15) is 17.0 Å². The summed E-state index contributed by atoms with van der Waals surface area (Å²) in [6, 6.07) is 2.08. The molecule has 0 saturated carbocycles. The SMILES string of the molecule is N#Cc1n[nH]c2c1CCSC2. The summed E-state index contributed by atoms with van der Waals surface area (Å²) in [4.78, 5) is 0. The first kappa shape index (κ1) is 6.74. The Bertz CT molecular complexity index is 310. The van der Waals surface area contributed by atoms with E-state index in [0.717, 1.165) is 29.2 Å². The van der Waals surface area contributed by atoms with Gasteiger partial charge in [-0.1, -0.05) is 0 Å². The van der Waals surface area contributed by atoms with Crippen LogP contribution in [-0.4, -0.2) is 16.0 Å². The summed E-state index contributed by atoms with van der Waals surface area (Å²) in [6.07, 6.45) is 0.986. The van der Waals surface area contributed by atoms with Crippen molar-refractivity contribution in [2.45, 2.75) is 12.2 Å². The lowest BCUT2D eigenvalue weighted by Gasteiger charge is -2.08. The Morgan fingerprint density at radius 1 is 1.64 bits per heavy atom. The van der Waals surface area contributed by atoms with Gasteiger partial charge >= 0.3 is 0 Å². The highest BCUT2D eigenvalue weighted by atomic mass is 32.2. The molecule has 1 N–H and O–H groups in total. The van der Waals surface area contributed by atoms with Crippen LogP contribution in [0.15, 0.2) is 0 Å². The van der Waals surface area contributed by atoms with Gasteiger partial charge in [-0.3, -0.25) is 5.10 Å². The van der Waals surface area contributed by atoms with E-state index in [2.05, 4.69) is 16.3 Å². The highest BCUT2D eigenvalue weighted by Gasteiger charge is 2.15. The highest BCUT2D eigenvalue weighted by Crippen LogP contribution is 2.24. The Morgan fingerprint density at radius 3 is 3.36 bits per heavy atom. The normalized spacial score (nSPS) is 15.5. The van der Waals surface area contributed by atoms with Crippen molar-refractivity contribution >= 4 is 11.8 Å². The zero-order chi connectivity index (χ0) is 7.68. The molecule has 1 aromatic rings. The summed E-state index contributed by atoms with van der Waals surface area (Å²) >= 11 is 1.88. The highest BCUT2D eigenvalue weighted by molar-refractivity contribution is 7.98. The number of aromatic nitrogens is 2. The molecular weight excluding hydrogens is 158 g/mol. The maximum absolute atomic E-state index is 8.64. The van der Waals surface area contributed by atoms with E-state index in [1.54, 1.807) is 0 Å². The van der Waals surface area contributed by atoms with Crippen molar-refractivity contribution in [3.63, 3.8) is 0 Å². The number of nitriles is 1. The quantitative estimate of drug-likeness (QED) is 0.625. The molecule has 2 rings (SSSR count). The van der Waals surface area contributed by atoms with Crippen LogP contribution in [0, 0.1) is 11.3 Å². The van der Waals surface area contributed by atoms with Gasteiger partial charge in [-0.2, -0.15) is 22.1 Å². The van der Waals surface area contributed by atoms with Crippen molar-refractivity contribution in [3.8, 4) is 6.07 Å². The number of hydrogen-bond donors (Lipinski definition) is 1. The van der Waals surface area contributed by atoms with E-state index in [1.165, 1.54) is 0 Å². The first-order valence-electron chi connectivity index (χ1n) is 3.46. The van der Waals surface area contributed by atoms with Gasteiger partial charge < -0.3 is 0 Å². The van der Waals surface area contributed by atoms with Gasteiger partial charge in [0.2, 0.25) is 0 Å². The lowest BCUT2D eigenvalue weighted by atomic mass is 10.1. The van der Waals surface area contributed by atoms with E-state index >= 15 is 0 Å². The van der Waals surface area contributed by atoms with Crippen LogP contribution < -0.4 is 0 Å². The summed E-state index contributed by atoms with van der Waals surface area (Å²) in [5.41, 5.74) is 2.85. The Hall–Kier alpha value is -0.950. The summed E-state index contributed by atoms with van der Waals surface area (Å²) in [5, 5.41) is 15.4. The Kier molecular flexibility index (Phi) is 1.59. The van der Waals surface area contributed by atoms with Gasteiger partial charge in [0.15, 0.2) is 5.69 Å². The minimum atomic E-state index is 0.584. The van der Waals surface area contributed by atoms with Crippen molar-refractivity contribution < 1.29 is 0 Å². The van der Waals surface area contributed by atoms with Crippen LogP contribution in [0.5, 0.6) is 0 Å². The van der Waals surface area contributed by atoms with Gasteiger partial charge in [-0.05, 0) is 12.2 Å². The number of thioether (sulfide) groups is 1. The molecule has 0 aromatic carbocycles. The topological polar surface area (TPSA) is 52.5 Å². The monoisotopic (exact) mass is 165 g/mol. The third-order valence-electron chi connectivity index (χ3n) is 1.80. The Balaban J connectivity index is 2.48. The summed E-state index contributed by atoms with van der Waals surface area (Å²) in [7, 11) is 0. The van der Waals surface area contributed by atoms with Crippen LogP contribution >= 0.6 is 11.8 Å². The first-order valence-corrected chi connectivity index (χ1v) is 4.61. The molecule has 0 unspecified atom stereocenters. The molecule has 0 atom stereocenters. The molecule has 0 fully saturated rings. The van der Waals surface area contributed by atoms with Crippen molar-refractivity contribution in [1.29, 1.82) is 5.26 Å². The minimum Gasteiger partial charge on any atom is -0.280 e. The molecule has 0 saturated heterocycles. The maximum atomic E-state index is 8.64. The molecule has 1 aliphatic heterocycles. The fraction of sp³-hybridized carbons (Fsp3) is 0.429. The second-order valence-electron chi connectivity index (χ2n) is 2.44. The van der Waals surface area contributed by atoms with E-state index in [9.17, 15) is 0 Å². The van der Waals surface area contributed by atoms with Gasteiger partial charge in [-0.25, -0.2) is 0 Å². The van der Waals surface area contributed by atoms with Crippen molar-refractivity contribution in [1.82, 2.24) is 10.2 Å². The average Bonchev–Trinajstić information content (AvgIpc) is 2.47. The van der Waals surface area contributed by atoms with Crippen LogP contribution in [0.4, 0.5) is 0 Å². The van der Waals surface area contributed by atoms with Gasteiger partial charge in [-0.15, -0.1) is 0 Å². The predicted molar refractivity (Wildman–Crippen MR) is 43.2 cm³/mol. The number of H-pyrrole nitrogens is 1. The number of nitrogens with one attached hydrogen (secondary N) is 1. The Morgan fingerprint density at radius 2 is 2.55 bits per heavy atom. The third-order valence-corrected chi connectivity index (χ3v) is 2.79. The van der Waals surface area contributed by atoms with Crippen LogP contribution in [0.25, 0.3) is 0 Å².